The molecule has 2 heterocycles. The Morgan fingerprint density at radius 1 is 1.44 bits per heavy atom. The Balaban J connectivity index is 1.47. The number of hydrogen-bond donors (Lipinski definition) is 2. The maximum absolute atomic E-state index is 13.8. The van der Waals surface area contributed by atoms with E-state index in [9.17, 15) is 9.18 Å². The normalized spacial score (nSPS) is 19.8. The predicted molar refractivity (Wildman–Crippen MR) is 99.3 cm³/mol. The van der Waals surface area contributed by atoms with Crippen molar-refractivity contribution in [3.05, 3.63) is 52.6 Å². The maximum atomic E-state index is 13.8. The smallest absolute Gasteiger partial charge is 0.271 e. The van der Waals surface area contributed by atoms with Gasteiger partial charge in [0.05, 0.1) is 5.56 Å². The summed E-state index contributed by atoms with van der Waals surface area (Å²) in [6.45, 7) is 7.21. The van der Waals surface area contributed by atoms with Crippen LogP contribution in [-0.2, 0) is 6.54 Å². The number of aromatic amines is 1. The van der Waals surface area contributed by atoms with Gasteiger partial charge in [-0.15, -0.1) is 0 Å². The predicted octanol–water partition coefficient (Wildman–Crippen LogP) is 2.62. The van der Waals surface area contributed by atoms with Crippen molar-refractivity contribution in [2.75, 3.05) is 19.6 Å². The topological polar surface area (TPSA) is 84.8 Å². The molecule has 1 fully saturated rings. The molecule has 6 nitrogen and oxygen atoms in total. The number of nitrogens with one attached hydrogen (secondary N) is 2. The Bertz CT molecular complexity index is 856. The molecule has 0 bridgehead atoms. The molecule has 2 N–H and O–H groups in total. The van der Waals surface area contributed by atoms with Crippen molar-refractivity contribution in [2.45, 2.75) is 26.8 Å². The monoisotopic (exact) mass is 369 g/mol. The van der Waals surface area contributed by atoms with E-state index in [2.05, 4.69) is 27.3 Å². The van der Waals surface area contributed by atoms with E-state index in [0.717, 1.165) is 30.8 Å². The third-order valence-electron chi connectivity index (χ3n) is 5.14. The number of carbonyl (C=O) groups excluding carboxylic acids is 1. The van der Waals surface area contributed by atoms with Gasteiger partial charge in [-0.25, -0.2) is 4.39 Å². The third-order valence-corrected chi connectivity index (χ3v) is 5.14. The number of aromatic nitrogens is 2. The van der Waals surface area contributed by atoms with E-state index in [1.807, 2.05) is 19.1 Å². The van der Waals surface area contributed by atoms with Gasteiger partial charge in [-0.1, -0.05) is 13.0 Å². The van der Waals surface area contributed by atoms with Gasteiger partial charge in [0, 0.05) is 31.9 Å². The molecular weight excluding hydrogens is 345 g/mol. The largest absolute Gasteiger partial charge is 0.351 e. The van der Waals surface area contributed by atoms with Crippen molar-refractivity contribution in [3.8, 4) is 6.07 Å². The summed E-state index contributed by atoms with van der Waals surface area (Å²) < 4.78 is 13.8. The van der Waals surface area contributed by atoms with E-state index in [4.69, 9.17) is 5.26 Å². The van der Waals surface area contributed by atoms with Crippen LogP contribution in [0.5, 0.6) is 0 Å². The summed E-state index contributed by atoms with van der Waals surface area (Å²) in [6, 6.07) is 8.37. The first kappa shape index (κ1) is 19.1. The zero-order valence-corrected chi connectivity index (χ0v) is 15.6. The van der Waals surface area contributed by atoms with Crippen molar-refractivity contribution < 1.29 is 9.18 Å². The van der Waals surface area contributed by atoms with Gasteiger partial charge in [-0.05, 0) is 48.9 Å². The first-order valence-corrected chi connectivity index (χ1v) is 9.17. The highest BCUT2D eigenvalue weighted by atomic mass is 19.1. The van der Waals surface area contributed by atoms with Crippen molar-refractivity contribution in [1.82, 2.24) is 20.4 Å². The summed E-state index contributed by atoms with van der Waals surface area (Å²) in [5.41, 5.74) is 2.23. The fraction of sp³-hybridized carbons (Fsp3) is 0.450. The molecule has 7 heteroatoms. The number of carbonyl (C=O) groups is 1. The van der Waals surface area contributed by atoms with Crippen molar-refractivity contribution >= 4 is 5.91 Å². The van der Waals surface area contributed by atoms with E-state index in [0.29, 0.717) is 30.6 Å². The molecule has 1 aromatic heterocycles. The molecule has 1 amide bonds. The molecule has 1 saturated heterocycles. The Morgan fingerprint density at radius 3 is 2.93 bits per heavy atom. The molecule has 1 aliphatic heterocycles. The molecule has 27 heavy (non-hydrogen) atoms. The highest BCUT2D eigenvalue weighted by Gasteiger charge is 2.29. The SMILES string of the molecule is Cc1cc(C(=O)NCC[C@@H]2CN(Cc3ccc(C#N)c(F)c3)C[C@H]2C)n[nH]1. The van der Waals surface area contributed by atoms with Crippen LogP contribution in [0.3, 0.4) is 0 Å². The van der Waals surface area contributed by atoms with Crippen LogP contribution in [0.25, 0.3) is 0 Å². The summed E-state index contributed by atoms with van der Waals surface area (Å²) in [7, 11) is 0. The molecule has 0 unspecified atom stereocenters. The second kappa shape index (κ2) is 8.31. The standard InChI is InChI=1S/C20H24FN5O/c1-13-10-26(11-15-3-4-16(9-22)18(21)8-15)12-17(13)5-6-23-20(27)19-7-14(2)24-25-19/h3-4,7-8,13,17H,5-6,10-12H2,1-2H3,(H,23,27)(H,24,25)/t13-,17-/m1/s1. The zero-order valence-electron chi connectivity index (χ0n) is 15.6. The molecule has 142 valence electrons. The highest BCUT2D eigenvalue weighted by Crippen LogP contribution is 2.27. The van der Waals surface area contributed by atoms with Gasteiger partial charge in [0.15, 0.2) is 0 Å². The molecule has 1 aliphatic rings. The number of benzene rings is 1. The van der Waals surface area contributed by atoms with E-state index in [-0.39, 0.29) is 11.5 Å². The van der Waals surface area contributed by atoms with E-state index in [1.54, 1.807) is 6.07 Å². The van der Waals surface area contributed by atoms with Crippen molar-refractivity contribution in [1.29, 1.82) is 5.26 Å². The lowest BCUT2D eigenvalue weighted by Crippen LogP contribution is -2.27. The van der Waals surface area contributed by atoms with Gasteiger partial charge in [-0.2, -0.15) is 10.4 Å². The zero-order chi connectivity index (χ0) is 19.4. The molecule has 0 aliphatic carbocycles. The molecule has 1 aromatic carbocycles. The number of likely N-dealkylation sites (tertiary alicyclic amines) is 1. The van der Waals surface area contributed by atoms with Gasteiger partial charge in [-0.3, -0.25) is 14.8 Å². The fourth-order valence-electron chi connectivity index (χ4n) is 3.65. The molecule has 0 radical (unpaired) electrons. The average molecular weight is 369 g/mol. The van der Waals surface area contributed by atoms with Crippen LogP contribution in [0, 0.1) is 35.9 Å². The van der Waals surface area contributed by atoms with E-state index < -0.39 is 5.82 Å². The number of aryl methyl sites for hydroxylation is 1. The van der Waals surface area contributed by atoms with Crippen LogP contribution in [-0.4, -0.2) is 40.6 Å². The van der Waals surface area contributed by atoms with Crippen LogP contribution in [0.15, 0.2) is 24.3 Å². The molecule has 2 atom stereocenters. The van der Waals surface area contributed by atoms with Gasteiger partial charge in [0.1, 0.15) is 17.6 Å². The number of hydrogen-bond acceptors (Lipinski definition) is 4. The van der Waals surface area contributed by atoms with Crippen molar-refractivity contribution in [3.63, 3.8) is 0 Å². The molecule has 0 spiro atoms. The van der Waals surface area contributed by atoms with E-state index in [1.165, 1.54) is 12.1 Å². The lowest BCUT2D eigenvalue weighted by molar-refractivity contribution is 0.0945. The number of nitrogens with zero attached hydrogens (tertiary/aromatic N) is 3. The summed E-state index contributed by atoms with van der Waals surface area (Å²) >= 11 is 0. The lowest BCUT2D eigenvalue weighted by Gasteiger charge is -2.16. The minimum Gasteiger partial charge on any atom is -0.351 e. The third kappa shape index (κ3) is 4.72. The van der Waals surface area contributed by atoms with Gasteiger partial charge < -0.3 is 5.32 Å². The summed E-state index contributed by atoms with van der Waals surface area (Å²) in [5.74, 6) is 0.372. The lowest BCUT2D eigenvalue weighted by atomic mass is 9.95. The Hall–Kier alpha value is -2.72. The van der Waals surface area contributed by atoms with Gasteiger partial charge >= 0.3 is 0 Å². The Morgan fingerprint density at radius 2 is 2.26 bits per heavy atom. The summed E-state index contributed by atoms with van der Waals surface area (Å²) in [4.78, 5) is 14.3. The molecule has 0 saturated carbocycles. The first-order valence-electron chi connectivity index (χ1n) is 9.17. The number of amides is 1. The quantitative estimate of drug-likeness (QED) is 0.820. The van der Waals surface area contributed by atoms with Crippen LogP contribution in [0.2, 0.25) is 0 Å². The summed E-state index contributed by atoms with van der Waals surface area (Å²) in [5, 5.41) is 18.5. The average Bonchev–Trinajstić information content (AvgIpc) is 3.21. The first-order chi connectivity index (χ1) is 13.0. The maximum Gasteiger partial charge on any atom is 0.271 e. The number of nitriles is 1. The Kier molecular flexibility index (Phi) is 5.87. The second-order valence-electron chi connectivity index (χ2n) is 7.34. The van der Waals surface area contributed by atoms with Gasteiger partial charge in [0.2, 0.25) is 0 Å². The minimum absolute atomic E-state index is 0.0780. The van der Waals surface area contributed by atoms with Crippen LogP contribution >= 0.6 is 0 Å². The molecule has 2 aromatic rings. The van der Waals surface area contributed by atoms with Gasteiger partial charge in [0.25, 0.3) is 5.91 Å². The van der Waals surface area contributed by atoms with Crippen LogP contribution in [0.4, 0.5) is 4.39 Å². The van der Waals surface area contributed by atoms with E-state index >= 15 is 0 Å². The minimum atomic E-state index is -0.463. The number of H-pyrrole nitrogens is 1. The fourth-order valence-corrected chi connectivity index (χ4v) is 3.65. The number of rotatable bonds is 6. The Labute approximate surface area is 158 Å². The van der Waals surface area contributed by atoms with Crippen molar-refractivity contribution in [2.24, 2.45) is 11.8 Å². The van der Waals surface area contributed by atoms with Crippen LogP contribution in [0.1, 0.15) is 40.7 Å². The highest BCUT2D eigenvalue weighted by molar-refractivity contribution is 5.92. The number of halogens is 1. The van der Waals surface area contributed by atoms with Crippen LogP contribution < -0.4 is 5.32 Å². The summed E-state index contributed by atoms with van der Waals surface area (Å²) in [6.07, 6.45) is 0.897. The second-order valence-corrected chi connectivity index (χ2v) is 7.34. The molecule has 3 rings (SSSR count). The molecular formula is C20H24FN5O.